The van der Waals surface area contributed by atoms with Gasteiger partial charge in [-0.15, -0.1) is 0 Å². The first kappa shape index (κ1) is 22.1. The molecule has 0 heterocycles. The van der Waals surface area contributed by atoms with Crippen molar-refractivity contribution in [1.82, 2.24) is 10.6 Å². The molecule has 0 fully saturated rings. The van der Waals surface area contributed by atoms with Gasteiger partial charge in [0.25, 0.3) is 10.5 Å². The van der Waals surface area contributed by atoms with E-state index < -0.39 is 0 Å². The minimum absolute atomic E-state index is 0.248. The van der Waals surface area contributed by atoms with Gasteiger partial charge in [-0.25, -0.2) is 0 Å². The van der Waals surface area contributed by atoms with E-state index in [1.807, 2.05) is 32.0 Å². The summed E-state index contributed by atoms with van der Waals surface area (Å²) < 4.78 is 0. The number of rotatable bonds is 4. The van der Waals surface area contributed by atoms with E-state index in [4.69, 9.17) is 0 Å². The van der Waals surface area contributed by atoms with Gasteiger partial charge >= 0.3 is 0 Å². The van der Waals surface area contributed by atoms with Crippen molar-refractivity contribution in [2.24, 2.45) is 0 Å². The van der Waals surface area contributed by atoms with Crippen LogP contribution in [0.5, 0.6) is 0 Å². The van der Waals surface area contributed by atoms with Crippen molar-refractivity contribution >= 4 is 35.7 Å². The minimum Gasteiger partial charge on any atom is -0.347 e. The van der Waals surface area contributed by atoms with Crippen LogP contribution in [0.25, 0.3) is 0 Å². The van der Waals surface area contributed by atoms with Crippen LogP contribution in [0.1, 0.15) is 32.3 Å². The molecule has 120 valence electrons. The third-order valence-corrected chi connectivity index (χ3v) is 2.31. The average Bonchev–Trinajstić information content (AvgIpc) is 2.45. The number of carbonyl (C=O) groups excluding carboxylic acids is 2. The molecule has 21 heavy (non-hydrogen) atoms. The highest BCUT2D eigenvalue weighted by Crippen LogP contribution is 1.92. The Morgan fingerprint density at radius 2 is 1.29 bits per heavy atom. The van der Waals surface area contributed by atoms with E-state index >= 15 is 0 Å². The summed E-state index contributed by atoms with van der Waals surface area (Å²) in [4.78, 5) is 19.9. The second kappa shape index (κ2) is 16.9. The number of amides is 2. The van der Waals surface area contributed by atoms with Gasteiger partial charge in [0, 0.05) is 13.1 Å². The number of hydrogen-bond donors (Lipinski definition) is 4. The van der Waals surface area contributed by atoms with Crippen LogP contribution in [0, 0.1) is 6.92 Å². The Hall–Kier alpha value is -1.14. The summed E-state index contributed by atoms with van der Waals surface area (Å²) in [5.41, 5.74) is 1.32. The molecule has 1 aromatic rings. The van der Waals surface area contributed by atoms with E-state index in [0.717, 1.165) is 25.9 Å². The van der Waals surface area contributed by atoms with Crippen molar-refractivity contribution in [2.45, 2.75) is 33.6 Å². The van der Waals surface area contributed by atoms with Crippen molar-refractivity contribution < 1.29 is 9.59 Å². The summed E-state index contributed by atoms with van der Waals surface area (Å²) in [5.74, 6) is 0. The van der Waals surface area contributed by atoms with Gasteiger partial charge < -0.3 is 10.6 Å². The van der Waals surface area contributed by atoms with E-state index in [9.17, 15) is 9.59 Å². The van der Waals surface area contributed by atoms with Crippen LogP contribution in [-0.2, 0) is 0 Å². The van der Waals surface area contributed by atoms with Crippen molar-refractivity contribution in [3.05, 3.63) is 35.9 Å². The first-order valence-corrected chi connectivity index (χ1v) is 7.78. The number of benzene rings is 1. The summed E-state index contributed by atoms with van der Waals surface area (Å²) >= 11 is 6.96. The van der Waals surface area contributed by atoms with E-state index in [-0.39, 0.29) is 10.5 Å². The van der Waals surface area contributed by atoms with Gasteiger partial charge in [0.15, 0.2) is 0 Å². The fourth-order valence-electron chi connectivity index (χ4n) is 0.998. The Morgan fingerprint density at radius 3 is 1.43 bits per heavy atom. The smallest absolute Gasteiger partial charge is 0.275 e. The first-order valence-electron chi connectivity index (χ1n) is 6.89. The summed E-state index contributed by atoms with van der Waals surface area (Å²) in [6.45, 7) is 7.51. The monoisotopic (exact) mass is 330 g/mol. The maximum absolute atomic E-state index is 9.96. The topological polar surface area (TPSA) is 58.2 Å². The molecule has 0 aliphatic heterocycles. The zero-order valence-electron chi connectivity index (χ0n) is 12.9. The Bertz CT molecular complexity index is 355. The Balaban J connectivity index is 0. The van der Waals surface area contributed by atoms with Crippen LogP contribution in [0.3, 0.4) is 0 Å². The van der Waals surface area contributed by atoms with E-state index in [1.54, 1.807) is 0 Å². The molecular weight excluding hydrogens is 304 g/mol. The number of carbonyl (C=O) groups is 2. The third kappa shape index (κ3) is 24.3. The van der Waals surface area contributed by atoms with Crippen molar-refractivity contribution in [1.29, 1.82) is 0 Å². The molecule has 4 nitrogen and oxygen atoms in total. The number of aryl methyl sites for hydroxylation is 1. The predicted molar refractivity (Wildman–Crippen MR) is 96.5 cm³/mol. The molecule has 0 spiro atoms. The molecule has 0 aromatic heterocycles. The molecule has 0 bridgehead atoms. The van der Waals surface area contributed by atoms with Gasteiger partial charge in [0.1, 0.15) is 0 Å². The Labute approximate surface area is 138 Å². The fourth-order valence-corrected chi connectivity index (χ4v) is 1.22. The summed E-state index contributed by atoms with van der Waals surface area (Å²) in [5, 5.41) is 4.54. The summed E-state index contributed by atoms with van der Waals surface area (Å²) in [6, 6.07) is 10.3. The maximum Gasteiger partial charge on any atom is 0.275 e. The molecule has 1 rings (SSSR count). The molecule has 0 aliphatic carbocycles. The molecule has 0 saturated carbocycles. The molecule has 0 radical (unpaired) electrons. The van der Waals surface area contributed by atoms with Crippen molar-refractivity contribution in [3.63, 3.8) is 0 Å². The molecule has 2 N–H and O–H groups in total. The van der Waals surface area contributed by atoms with Crippen LogP contribution in [0.15, 0.2) is 30.3 Å². The normalized spacial score (nSPS) is 8.43. The minimum atomic E-state index is -0.248. The van der Waals surface area contributed by atoms with Crippen LogP contribution in [0.2, 0.25) is 0 Å². The van der Waals surface area contributed by atoms with E-state index in [0.29, 0.717) is 0 Å². The van der Waals surface area contributed by atoms with E-state index in [2.05, 4.69) is 54.9 Å². The lowest BCUT2D eigenvalue weighted by Gasteiger charge is -1.92. The van der Waals surface area contributed by atoms with Crippen LogP contribution in [0.4, 0.5) is 9.59 Å². The Kier molecular flexibility index (Phi) is 17.8. The van der Waals surface area contributed by atoms with Gasteiger partial charge in [-0.2, -0.15) is 0 Å². The number of nitrogens with one attached hydrogen (secondary N) is 2. The highest BCUT2D eigenvalue weighted by Gasteiger charge is 1.84. The average molecular weight is 331 g/mol. The molecule has 0 saturated heterocycles. The van der Waals surface area contributed by atoms with Crippen LogP contribution in [-0.4, -0.2) is 23.6 Å². The number of hydrogen-bond acceptors (Lipinski definition) is 2. The highest BCUT2D eigenvalue weighted by atomic mass is 32.1. The summed E-state index contributed by atoms with van der Waals surface area (Å²) in [7, 11) is 0. The highest BCUT2D eigenvalue weighted by molar-refractivity contribution is 7.96. The van der Waals surface area contributed by atoms with Gasteiger partial charge in [-0.3, -0.25) is 9.59 Å². The predicted octanol–water partition coefficient (Wildman–Crippen LogP) is 4.07. The zero-order chi connectivity index (χ0) is 16.5. The fraction of sp³-hybridized carbons (Fsp3) is 0.467. The van der Waals surface area contributed by atoms with Gasteiger partial charge in [-0.05, 0) is 19.8 Å². The van der Waals surface area contributed by atoms with Crippen LogP contribution >= 0.6 is 25.3 Å². The molecule has 6 heteroatoms. The second-order valence-electron chi connectivity index (χ2n) is 4.12. The van der Waals surface area contributed by atoms with Gasteiger partial charge in [-0.1, -0.05) is 75.0 Å². The lowest BCUT2D eigenvalue weighted by atomic mass is 10.2. The summed E-state index contributed by atoms with van der Waals surface area (Å²) in [6.07, 6.45) is 1.93. The standard InChI is InChI=1S/C7H8.2C4H9NOS/c1-7-5-3-2-4-6-7;2*1-2-3-5-4(6)7/h2-6H,1H3;2*2-3H2,1H3,(H2,5,6,7). The van der Waals surface area contributed by atoms with Gasteiger partial charge in [0.2, 0.25) is 0 Å². The quantitative estimate of drug-likeness (QED) is 0.629. The molecule has 2 amide bonds. The second-order valence-corrected chi connectivity index (χ2v) is 4.93. The first-order chi connectivity index (χ1) is 9.93. The molecule has 1 aromatic carbocycles. The zero-order valence-corrected chi connectivity index (χ0v) is 14.7. The molecule has 0 atom stereocenters. The molecular formula is C15H26N2O2S2. The maximum atomic E-state index is 9.96. The van der Waals surface area contributed by atoms with Crippen molar-refractivity contribution in [2.75, 3.05) is 13.1 Å². The SMILES string of the molecule is CCCNC(=O)S.CCCNC(=O)S.Cc1ccccc1. The third-order valence-electron chi connectivity index (χ3n) is 1.99. The van der Waals surface area contributed by atoms with Crippen LogP contribution < -0.4 is 10.6 Å². The largest absolute Gasteiger partial charge is 0.347 e. The molecule has 0 aliphatic rings. The Morgan fingerprint density at radius 1 is 0.905 bits per heavy atom. The van der Waals surface area contributed by atoms with Gasteiger partial charge in [0.05, 0.1) is 0 Å². The number of thiol groups is 2. The molecule has 0 unspecified atom stereocenters. The lowest BCUT2D eigenvalue weighted by Crippen LogP contribution is -2.16. The van der Waals surface area contributed by atoms with E-state index in [1.165, 1.54) is 5.56 Å². The van der Waals surface area contributed by atoms with Crippen molar-refractivity contribution in [3.8, 4) is 0 Å². The lowest BCUT2D eigenvalue weighted by molar-refractivity contribution is 0.260.